The molecule has 0 heterocycles. The number of amides is 1. The highest BCUT2D eigenvalue weighted by molar-refractivity contribution is 5.94. The number of carbonyl (C=O) groups excluding carboxylic acids is 1. The van der Waals surface area contributed by atoms with Crippen LogP contribution in [0.4, 0.5) is 4.39 Å². The second kappa shape index (κ2) is 5.49. The number of carbonyl (C=O) groups is 1. The maximum atomic E-state index is 12.6. The van der Waals surface area contributed by atoms with Crippen LogP contribution in [0.15, 0.2) is 24.3 Å². The molecule has 0 saturated carbocycles. The minimum atomic E-state index is -0.325. The quantitative estimate of drug-likeness (QED) is 0.811. The molecule has 0 saturated heterocycles. The van der Waals surface area contributed by atoms with Crippen LogP contribution in [-0.4, -0.2) is 12.5 Å². The number of hydrogen-bond acceptors (Lipinski definition) is 1. The van der Waals surface area contributed by atoms with E-state index in [1.807, 2.05) is 0 Å². The zero-order valence-electron chi connectivity index (χ0n) is 9.09. The summed E-state index contributed by atoms with van der Waals surface area (Å²) in [5.74, 6) is -0.00169. The average molecular weight is 209 g/mol. The van der Waals surface area contributed by atoms with Crippen LogP contribution in [0.2, 0.25) is 0 Å². The molecular formula is C12H16FNO. The fourth-order valence-corrected chi connectivity index (χ4v) is 1.11. The Morgan fingerprint density at radius 2 is 2.00 bits per heavy atom. The van der Waals surface area contributed by atoms with Gasteiger partial charge in [0, 0.05) is 12.1 Å². The fraction of sp³-hybridized carbons (Fsp3) is 0.417. The number of nitrogens with one attached hydrogen (secondary N) is 1. The van der Waals surface area contributed by atoms with E-state index in [-0.39, 0.29) is 11.7 Å². The molecule has 15 heavy (non-hydrogen) atoms. The number of benzene rings is 1. The number of rotatable bonds is 4. The van der Waals surface area contributed by atoms with E-state index in [0.29, 0.717) is 18.0 Å². The van der Waals surface area contributed by atoms with Crippen LogP contribution in [0, 0.1) is 11.7 Å². The van der Waals surface area contributed by atoms with E-state index >= 15 is 0 Å². The standard InChI is InChI=1S/C12H16FNO/c1-3-9(2)8-14-12(15)10-4-6-11(13)7-5-10/h4-7,9H,3,8H2,1-2H3,(H,14,15). The third-order valence-corrected chi connectivity index (χ3v) is 2.41. The minimum Gasteiger partial charge on any atom is -0.352 e. The molecule has 1 N–H and O–H groups in total. The largest absolute Gasteiger partial charge is 0.352 e. The van der Waals surface area contributed by atoms with Crippen LogP contribution in [0.3, 0.4) is 0 Å². The summed E-state index contributed by atoms with van der Waals surface area (Å²) in [6.07, 6.45) is 1.03. The highest BCUT2D eigenvalue weighted by Gasteiger charge is 2.06. The molecule has 0 aromatic heterocycles. The van der Waals surface area contributed by atoms with E-state index in [9.17, 15) is 9.18 Å². The first-order valence-electron chi connectivity index (χ1n) is 5.17. The summed E-state index contributed by atoms with van der Waals surface area (Å²) in [6, 6.07) is 5.55. The maximum absolute atomic E-state index is 12.6. The van der Waals surface area contributed by atoms with Crippen LogP contribution >= 0.6 is 0 Å². The van der Waals surface area contributed by atoms with E-state index in [2.05, 4.69) is 19.2 Å². The molecular weight excluding hydrogens is 193 g/mol. The Labute approximate surface area is 89.5 Å². The Bertz CT molecular complexity index is 321. The summed E-state index contributed by atoms with van der Waals surface area (Å²) in [6.45, 7) is 4.81. The molecule has 0 radical (unpaired) electrons. The Balaban J connectivity index is 2.50. The summed E-state index contributed by atoms with van der Waals surface area (Å²) in [4.78, 5) is 11.5. The van der Waals surface area contributed by atoms with Gasteiger partial charge in [-0.1, -0.05) is 20.3 Å². The predicted molar refractivity (Wildman–Crippen MR) is 58.2 cm³/mol. The van der Waals surface area contributed by atoms with E-state index in [0.717, 1.165) is 6.42 Å². The van der Waals surface area contributed by atoms with E-state index in [1.54, 1.807) is 0 Å². The Hall–Kier alpha value is -1.38. The van der Waals surface area contributed by atoms with E-state index in [4.69, 9.17) is 0 Å². The van der Waals surface area contributed by atoms with Crippen molar-refractivity contribution in [3.8, 4) is 0 Å². The lowest BCUT2D eigenvalue weighted by Crippen LogP contribution is -2.27. The van der Waals surface area contributed by atoms with Gasteiger partial charge in [0.25, 0.3) is 5.91 Å². The maximum Gasteiger partial charge on any atom is 0.251 e. The van der Waals surface area contributed by atoms with Crippen molar-refractivity contribution in [3.05, 3.63) is 35.6 Å². The zero-order chi connectivity index (χ0) is 11.3. The highest BCUT2D eigenvalue weighted by atomic mass is 19.1. The smallest absolute Gasteiger partial charge is 0.251 e. The molecule has 0 aliphatic heterocycles. The van der Waals surface area contributed by atoms with E-state index < -0.39 is 0 Å². The molecule has 1 aromatic carbocycles. The topological polar surface area (TPSA) is 29.1 Å². The summed E-state index contributed by atoms with van der Waals surface area (Å²) >= 11 is 0. The summed E-state index contributed by atoms with van der Waals surface area (Å²) < 4.78 is 12.6. The molecule has 1 rings (SSSR count). The van der Waals surface area contributed by atoms with Gasteiger partial charge >= 0.3 is 0 Å². The van der Waals surface area contributed by atoms with Gasteiger partial charge in [-0.05, 0) is 30.2 Å². The molecule has 3 heteroatoms. The predicted octanol–water partition coefficient (Wildman–Crippen LogP) is 2.60. The minimum absolute atomic E-state index is 0.143. The first-order valence-corrected chi connectivity index (χ1v) is 5.17. The van der Waals surface area contributed by atoms with Gasteiger partial charge in [-0.3, -0.25) is 4.79 Å². The van der Waals surface area contributed by atoms with Crippen molar-refractivity contribution in [2.45, 2.75) is 20.3 Å². The van der Waals surface area contributed by atoms with Gasteiger partial charge in [0.15, 0.2) is 0 Å². The first-order chi connectivity index (χ1) is 7.13. The SMILES string of the molecule is CCC(C)CNC(=O)c1ccc(F)cc1. The fourth-order valence-electron chi connectivity index (χ4n) is 1.11. The second-order valence-electron chi connectivity index (χ2n) is 3.73. The Morgan fingerprint density at radius 3 is 2.53 bits per heavy atom. The van der Waals surface area contributed by atoms with Crippen LogP contribution in [0.5, 0.6) is 0 Å². The third-order valence-electron chi connectivity index (χ3n) is 2.41. The van der Waals surface area contributed by atoms with Crippen molar-refractivity contribution in [1.29, 1.82) is 0 Å². The number of hydrogen-bond donors (Lipinski definition) is 1. The molecule has 1 aromatic rings. The van der Waals surface area contributed by atoms with Gasteiger partial charge in [-0.15, -0.1) is 0 Å². The molecule has 0 bridgehead atoms. The monoisotopic (exact) mass is 209 g/mol. The molecule has 82 valence electrons. The van der Waals surface area contributed by atoms with Crippen LogP contribution in [-0.2, 0) is 0 Å². The molecule has 0 aliphatic carbocycles. The lowest BCUT2D eigenvalue weighted by atomic mass is 10.1. The molecule has 0 fully saturated rings. The number of halogens is 1. The highest BCUT2D eigenvalue weighted by Crippen LogP contribution is 2.03. The van der Waals surface area contributed by atoms with Crippen molar-refractivity contribution >= 4 is 5.91 Å². The lowest BCUT2D eigenvalue weighted by molar-refractivity contribution is 0.0948. The normalized spacial score (nSPS) is 12.2. The van der Waals surface area contributed by atoms with Crippen molar-refractivity contribution in [2.75, 3.05) is 6.54 Å². The Morgan fingerprint density at radius 1 is 1.40 bits per heavy atom. The van der Waals surface area contributed by atoms with Gasteiger partial charge in [-0.25, -0.2) is 4.39 Å². The van der Waals surface area contributed by atoms with E-state index in [1.165, 1.54) is 24.3 Å². The van der Waals surface area contributed by atoms with Gasteiger partial charge in [0.05, 0.1) is 0 Å². The third kappa shape index (κ3) is 3.70. The average Bonchev–Trinajstić information content (AvgIpc) is 2.26. The van der Waals surface area contributed by atoms with Gasteiger partial charge in [-0.2, -0.15) is 0 Å². The summed E-state index contributed by atoms with van der Waals surface area (Å²) in [5, 5.41) is 2.81. The molecule has 2 nitrogen and oxygen atoms in total. The lowest BCUT2D eigenvalue weighted by Gasteiger charge is -2.09. The van der Waals surface area contributed by atoms with Gasteiger partial charge < -0.3 is 5.32 Å². The van der Waals surface area contributed by atoms with Crippen LogP contribution in [0.1, 0.15) is 30.6 Å². The van der Waals surface area contributed by atoms with Crippen molar-refractivity contribution in [2.24, 2.45) is 5.92 Å². The Kier molecular flexibility index (Phi) is 4.28. The van der Waals surface area contributed by atoms with Crippen LogP contribution < -0.4 is 5.32 Å². The van der Waals surface area contributed by atoms with Crippen molar-refractivity contribution in [3.63, 3.8) is 0 Å². The molecule has 1 amide bonds. The second-order valence-corrected chi connectivity index (χ2v) is 3.73. The zero-order valence-corrected chi connectivity index (χ0v) is 9.09. The molecule has 1 unspecified atom stereocenters. The first kappa shape index (κ1) is 11.7. The summed E-state index contributed by atoms with van der Waals surface area (Å²) in [7, 11) is 0. The summed E-state index contributed by atoms with van der Waals surface area (Å²) in [5.41, 5.74) is 0.500. The molecule has 0 aliphatic rings. The molecule has 0 spiro atoms. The van der Waals surface area contributed by atoms with Crippen molar-refractivity contribution < 1.29 is 9.18 Å². The van der Waals surface area contributed by atoms with Crippen molar-refractivity contribution in [1.82, 2.24) is 5.32 Å². The van der Waals surface area contributed by atoms with Crippen LogP contribution in [0.25, 0.3) is 0 Å². The van der Waals surface area contributed by atoms with Gasteiger partial charge in [0.1, 0.15) is 5.82 Å². The molecule has 1 atom stereocenters. The van der Waals surface area contributed by atoms with Gasteiger partial charge in [0.2, 0.25) is 0 Å².